The van der Waals surface area contributed by atoms with Crippen LogP contribution in [0.2, 0.25) is 0 Å². The van der Waals surface area contributed by atoms with Crippen molar-refractivity contribution in [2.75, 3.05) is 30.4 Å². The topological polar surface area (TPSA) is 171 Å². The quantitative estimate of drug-likeness (QED) is 0.313. The molecule has 3 rings (SSSR count). The number of hydrogen-bond acceptors (Lipinski definition) is 9. The zero-order valence-electron chi connectivity index (χ0n) is 19.0. The molecule has 13 nitrogen and oxygen atoms in total. The van der Waals surface area contributed by atoms with Crippen molar-refractivity contribution in [2.45, 2.75) is 4.90 Å². The normalized spacial score (nSPS) is 10.8. The summed E-state index contributed by atoms with van der Waals surface area (Å²) in [6, 6.07) is 13.9. The molecule has 36 heavy (non-hydrogen) atoms. The van der Waals surface area contributed by atoms with Crippen molar-refractivity contribution >= 4 is 38.7 Å². The highest BCUT2D eigenvalue weighted by Gasteiger charge is 2.34. The van der Waals surface area contributed by atoms with E-state index in [0.29, 0.717) is 10.1 Å². The van der Waals surface area contributed by atoms with E-state index in [1.807, 2.05) is 0 Å². The Balaban J connectivity index is 2.09. The van der Waals surface area contributed by atoms with Crippen LogP contribution in [0.3, 0.4) is 0 Å². The standard InChI is InChI=1S/C22H20N4O9S/c1-34-17-10-11-18(20(13-17)35-2)24(36(32,33)21-9-4-3-8-19(21)26(30)31)14-22(27)23-15-6-5-7-16(12-15)25(28)29/h3-13H,14H2,1-2H3,(H,23,27). The molecule has 0 unspecified atom stereocenters. The second-order valence-electron chi connectivity index (χ2n) is 7.13. The predicted molar refractivity (Wildman–Crippen MR) is 129 cm³/mol. The highest BCUT2D eigenvalue weighted by Crippen LogP contribution is 2.37. The summed E-state index contributed by atoms with van der Waals surface area (Å²) in [5.74, 6) is -0.519. The van der Waals surface area contributed by atoms with E-state index < -0.39 is 42.9 Å². The number of rotatable bonds is 10. The average Bonchev–Trinajstić information content (AvgIpc) is 2.87. The number of nitro benzene ring substituents is 2. The van der Waals surface area contributed by atoms with Gasteiger partial charge >= 0.3 is 0 Å². The number of hydrogen-bond donors (Lipinski definition) is 1. The first-order valence-corrected chi connectivity index (χ1v) is 11.5. The van der Waals surface area contributed by atoms with Crippen LogP contribution in [0.15, 0.2) is 71.6 Å². The Morgan fingerprint density at radius 1 is 0.944 bits per heavy atom. The fourth-order valence-corrected chi connectivity index (χ4v) is 4.86. The molecule has 0 aliphatic carbocycles. The van der Waals surface area contributed by atoms with E-state index in [1.165, 1.54) is 62.8 Å². The Bertz CT molecular complexity index is 1430. The van der Waals surface area contributed by atoms with E-state index in [-0.39, 0.29) is 22.8 Å². The number of nitro groups is 2. The van der Waals surface area contributed by atoms with Crippen LogP contribution < -0.4 is 19.1 Å². The molecule has 0 atom stereocenters. The molecule has 0 saturated carbocycles. The minimum Gasteiger partial charge on any atom is -0.497 e. The van der Waals surface area contributed by atoms with Crippen molar-refractivity contribution in [3.8, 4) is 11.5 Å². The molecule has 0 aromatic heterocycles. The minimum absolute atomic E-state index is 0.0136. The lowest BCUT2D eigenvalue weighted by Crippen LogP contribution is -2.38. The number of nitrogens with zero attached hydrogens (tertiary/aromatic N) is 3. The van der Waals surface area contributed by atoms with Crippen molar-refractivity contribution in [3.05, 3.63) is 87.0 Å². The van der Waals surface area contributed by atoms with Gasteiger partial charge in [0.25, 0.3) is 21.4 Å². The number of non-ortho nitro benzene ring substituents is 1. The van der Waals surface area contributed by atoms with Gasteiger partial charge in [0.2, 0.25) is 5.91 Å². The Morgan fingerprint density at radius 2 is 1.67 bits per heavy atom. The van der Waals surface area contributed by atoms with Gasteiger partial charge in [-0.1, -0.05) is 18.2 Å². The monoisotopic (exact) mass is 516 g/mol. The molecule has 1 amide bonds. The van der Waals surface area contributed by atoms with Gasteiger partial charge in [-0.2, -0.15) is 0 Å². The van der Waals surface area contributed by atoms with Gasteiger partial charge in [0, 0.05) is 30.0 Å². The third-order valence-corrected chi connectivity index (χ3v) is 6.72. The fourth-order valence-electron chi connectivity index (χ4n) is 3.26. The number of nitrogens with one attached hydrogen (secondary N) is 1. The van der Waals surface area contributed by atoms with Crippen LogP contribution in [-0.4, -0.2) is 44.9 Å². The summed E-state index contributed by atoms with van der Waals surface area (Å²) in [5.41, 5.74) is -1.01. The second-order valence-corrected chi connectivity index (χ2v) is 8.96. The van der Waals surface area contributed by atoms with Gasteiger partial charge in [-0.05, 0) is 24.3 Å². The Labute approximate surface area is 205 Å². The molecular weight excluding hydrogens is 496 g/mol. The molecule has 0 radical (unpaired) electrons. The summed E-state index contributed by atoms with van der Waals surface area (Å²) < 4.78 is 38.4. The van der Waals surface area contributed by atoms with E-state index in [1.54, 1.807) is 0 Å². The summed E-state index contributed by atoms with van der Waals surface area (Å²) in [4.78, 5) is 33.3. The molecule has 0 aliphatic rings. The molecule has 3 aromatic carbocycles. The number of benzene rings is 3. The summed E-state index contributed by atoms with van der Waals surface area (Å²) in [5, 5.41) is 25.0. The van der Waals surface area contributed by atoms with Gasteiger partial charge in [-0.3, -0.25) is 29.3 Å². The summed E-state index contributed by atoms with van der Waals surface area (Å²) in [7, 11) is -2.02. The van der Waals surface area contributed by atoms with E-state index in [9.17, 15) is 33.4 Å². The molecular formula is C22H20N4O9S. The number of methoxy groups -OCH3 is 2. The molecule has 0 saturated heterocycles. The first kappa shape index (κ1) is 25.9. The molecule has 188 valence electrons. The molecule has 3 aromatic rings. The zero-order chi connectivity index (χ0) is 26.5. The van der Waals surface area contributed by atoms with Gasteiger partial charge < -0.3 is 14.8 Å². The number of anilines is 2. The van der Waals surface area contributed by atoms with E-state index in [4.69, 9.17) is 9.47 Å². The highest BCUT2D eigenvalue weighted by molar-refractivity contribution is 7.93. The zero-order valence-corrected chi connectivity index (χ0v) is 19.8. The largest absolute Gasteiger partial charge is 0.497 e. The molecule has 0 spiro atoms. The van der Waals surface area contributed by atoms with E-state index in [0.717, 1.165) is 18.2 Å². The lowest BCUT2D eigenvalue weighted by Gasteiger charge is -2.25. The van der Waals surface area contributed by atoms with Crippen molar-refractivity contribution in [2.24, 2.45) is 0 Å². The average molecular weight is 516 g/mol. The van der Waals surface area contributed by atoms with Crippen LogP contribution in [0.4, 0.5) is 22.7 Å². The van der Waals surface area contributed by atoms with Crippen LogP contribution >= 0.6 is 0 Å². The number of ether oxygens (including phenoxy) is 2. The molecule has 0 bridgehead atoms. The predicted octanol–water partition coefficient (Wildman–Crippen LogP) is 3.35. The lowest BCUT2D eigenvalue weighted by atomic mass is 10.2. The molecule has 1 N–H and O–H groups in total. The number of carbonyl (C=O) groups excluding carboxylic acids is 1. The van der Waals surface area contributed by atoms with Crippen LogP contribution in [0.5, 0.6) is 11.5 Å². The number of amides is 1. The maximum Gasteiger partial charge on any atom is 0.289 e. The third-order valence-electron chi connectivity index (χ3n) is 4.91. The van der Waals surface area contributed by atoms with Crippen molar-refractivity contribution in [1.29, 1.82) is 0 Å². The molecule has 14 heteroatoms. The maximum atomic E-state index is 13.7. The molecule has 0 heterocycles. The summed E-state index contributed by atoms with van der Waals surface area (Å²) >= 11 is 0. The number of carbonyl (C=O) groups is 1. The SMILES string of the molecule is COc1ccc(N(CC(=O)Nc2cccc([N+](=O)[O-])c2)S(=O)(=O)c2ccccc2[N+](=O)[O-])c(OC)c1. The fraction of sp³-hybridized carbons (Fsp3) is 0.136. The number of sulfonamides is 1. The van der Waals surface area contributed by atoms with E-state index >= 15 is 0 Å². The molecule has 0 aliphatic heterocycles. The first-order chi connectivity index (χ1) is 17.1. The van der Waals surface area contributed by atoms with Gasteiger partial charge in [0.05, 0.1) is 29.8 Å². The van der Waals surface area contributed by atoms with Gasteiger partial charge in [0.1, 0.15) is 18.0 Å². The van der Waals surface area contributed by atoms with Crippen LogP contribution in [0.25, 0.3) is 0 Å². The Morgan fingerprint density at radius 3 is 2.31 bits per heavy atom. The second kappa shape index (κ2) is 10.7. The lowest BCUT2D eigenvalue weighted by molar-refractivity contribution is -0.387. The first-order valence-electron chi connectivity index (χ1n) is 10.1. The van der Waals surface area contributed by atoms with Crippen molar-refractivity contribution in [3.63, 3.8) is 0 Å². The van der Waals surface area contributed by atoms with Gasteiger partial charge in [0.15, 0.2) is 4.90 Å². The highest BCUT2D eigenvalue weighted by atomic mass is 32.2. The van der Waals surface area contributed by atoms with Crippen LogP contribution in [0.1, 0.15) is 0 Å². The summed E-state index contributed by atoms with van der Waals surface area (Å²) in [6.45, 7) is -0.834. The Hall–Kier alpha value is -4.72. The van der Waals surface area contributed by atoms with E-state index in [2.05, 4.69) is 5.32 Å². The van der Waals surface area contributed by atoms with Gasteiger partial charge in [-0.25, -0.2) is 8.42 Å². The molecule has 0 fully saturated rings. The minimum atomic E-state index is -4.69. The van der Waals surface area contributed by atoms with Gasteiger partial charge in [-0.15, -0.1) is 0 Å². The van der Waals surface area contributed by atoms with Crippen LogP contribution in [-0.2, 0) is 14.8 Å². The summed E-state index contributed by atoms with van der Waals surface area (Å²) in [6.07, 6.45) is 0. The van der Waals surface area contributed by atoms with Crippen molar-refractivity contribution in [1.82, 2.24) is 0 Å². The van der Waals surface area contributed by atoms with Crippen LogP contribution in [0, 0.1) is 20.2 Å². The maximum absolute atomic E-state index is 13.7. The third kappa shape index (κ3) is 5.50. The smallest absolute Gasteiger partial charge is 0.289 e. The number of para-hydroxylation sites is 1. The Kier molecular flexibility index (Phi) is 7.69. The van der Waals surface area contributed by atoms with Crippen molar-refractivity contribution < 1.29 is 32.5 Å².